The highest BCUT2D eigenvalue weighted by Crippen LogP contribution is 2.53. The Balaban J connectivity index is 1.78. The number of piperazine rings is 1. The number of aromatic nitrogens is 2. The second kappa shape index (κ2) is 12.5. The van der Waals surface area contributed by atoms with Gasteiger partial charge in [-0.05, 0) is 34.9 Å². The molecular formula is C32H40ClN5O4S. The highest BCUT2D eigenvalue weighted by Gasteiger charge is 2.59. The summed E-state index contributed by atoms with van der Waals surface area (Å²) in [6.45, 7) is 10.4. The minimum atomic E-state index is -0.948. The third kappa shape index (κ3) is 5.90. The molecule has 0 radical (unpaired) electrons. The van der Waals surface area contributed by atoms with Gasteiger partial charge in [0.15, 0.2) is 5.78 Å². The summed E-state index contributed by atoms with van der Waals surface area (Å²) in [4.78, 5) is 47.3. The molecule has 230 valence electrons. The van der Waals surface area contributed by atoms with Crippen LogP contribution in [0.4, 0.5) is 0 Å². The van der Waals surface area contributed by atoms with Crippen LogP contribution < -0.4 is 5.32 Å². The topological polar surface area (TPSA) is 96.8 Å². The summed E-state index contributed by atoms with van der Waals surface area (Å²) in [5.41, 5.74) is 3.06. The number of ether oxygens (including phenoxy) is 1. The molecule has 0 aliphatic carbocycles. The first kappa shape index (κ1) is 31.4. The fourth-order valence-corrected chi connectivity index (χ4v) is 7.55. The van der Waals surface area contributed by atoms with Crippen LogP contribution in [0.2, 0.25) is 5.15 Å². The van der Waals surface area contributed by atoms with Crippen molar-refractivity contribution in [1.29, 1.82) is 0 Å². The second-order valence-electron chi connectivity index (χ2n) is 12.4. The minimum absolute atomic E-state index is 0.0836. The van der Waals surface area contributed by atoms with Gasteiger partial charge in [0.05, 0.1) is 22.5 Å². The molecule has 1 aromatic carbocycles. The molecule has 2 fully saturated rings. The van der Waals surface area contributed by atoms with E-state index in [4.69, 9.17) is 16.3 Å². The Bertz CT molecular complexity index is 1470. The van der Waals surface area contributed by atoms with Gasteiger partial charge in [-0.1, -0.05) is 62.7 Å². The average molecular weight is 626 g/mol. The number of thiophene rings is 1. The average Bonchev–Trinajstić information content (AvgIpc) is 3.69. The predicted octanol–water partition coefficient (Wildman–Crippen LogP) is 4.35. The van der Waals surface area contributed by atoms with Gasteiger partial charge in [0.1, 0.15) is 17.8 Å². The van der Waals surface area contributed by atoms with Crippen molar-refractivity contribution in [2.45, 2.75) is 51.1 Å². The molecule has 2 aromatic heterocycles. The fraction of sp³-hybridized carbons (Fsp3) is 0.500. The number of ketones is 1. The maximum absolute atomic E-state index is 14.6. The zero-order valence-corrected chi connectivity index (χ0v) is 27.2. The first-order valence-electron chi connectivity index (χ1n) is 14.6. The quantitative estimate of drug-likeness (QED) is 0.392. The Morgan fingerprint density at radius 3 is 2.33 bits per heavy atom. The number of halogens is 1. The van der Waals surface area contributed by atoms with Crippen LogP contribution >= 0.6 is 22.9 Å². The summed E-state index contributed by atoms with van der Waals surface area (Å²) >= 11 is 8.25. The number of amides is 2. The molecule has 43 heavy (non-hydrogen) atoms. The van der Waals surface area contributed by atoms with E-state index < -0.39 is 23.9 Å². The van der Waals surface area contributed by atoms with Gasteiger partial charge in [0.2, 0.25) is 11.8 Å². The molecule has 3 aromatic rings. The Hall–Kier alpha value is -3.05. The number of hydrogen-bond acceptors (Lipinski definition) is 7. The normalized spacial score (nSPS) is 22.7. The summed E-state index contributed by atoms with van der Waals surface area (Å²) in [5, 5.41) is 10.0. The van der Waals surface area contributed by atoms with E-state index in [-0.39, 0.29) is 29.6 Å². The number of methoxy groups -OCH3 is 1. The summed E-state index contributed by atoms with van der Waals surface area (Å²) in [5.74, 6) is -2.11. The largest absolute Gasteiger partial charge is 0.375 e. The lowest BCUT2D eigenvalue weighted by Crippen LogP contribution is -2.55. The number of aryl methyl sites for hydroxylation is 2. The smallest absolute Gasteiger partial charge is 0.249 e. The van der Waals surface area contributed by atoms with Gasteiger partial charge in [-0.3, -0.25) is 19.1 Å². The third-order valence-electron chi connectivity index (χ3n) is 8.62. The van der Waals surface area contributed by atoms with Crippen molar-refractivity contribution in [2.75, 3.05) is 39.9 Å². The first-order chi connectivity index (χ1) is 20.5. The molecular weight excluding hydrogens is 586 g/mol. The van der Waals surface area contributed by atoms with Crippen molar-refractivity contribution in [3.63, 3.8) is 0 Å². The summed E-state index contributed by atoms with van der Waals surface area (Å²) in [6, 6.07) is 10.0. The lowest BCUT2D eigenvalue weighted by atomic mass is 9.76. The molecule has 4 heterocycles. The van der Waals surface area contributed by atoms with Gasteiger partial charge < -0.3 is 19.9 Å². The Morgan fingerprint density at radius 1 is 1.12 bits per heavy atom. The van der Waals surface area contributed by atoms with Crippen molar-refractivity contribution in [3.8, 4) is 0 Å². The zero-order chi connectivity index (χ0) is 31.1. The van der Waals surface area contributed by atoms with E-state index in [1.807, 2.05) is 30.5 Å². The summed E-state index contributed by atoms with van der Waals surface area (Å²) < 4.78 is 6.89. The van der Waals surface area contributed by atoms with Crippen LogP contribution in [0.1, 0.15) is 64.8 Å². The molecule has 9 nitrogen and oxygen atoms in total. The molecule has 4 unspecified atom stereocenters. The van der Waals surface area contributed by atoms with E-state index in [0.717, 1.165) is 11.1 Å². The number of nitrogens with zero attached hydrogens (tertiary/aromatic N) is 4. The first-order valence-corrected chi connectivity index (χ1v) is 15.9. The van der Waals surface area contributed by atoms with E-state index in [9.17, 15) is 14.4 Å². The summed E-state index contributed by atoms with van der Waals surface area (Å²) in [7, 11) is 3.19. The molecule has 11 heteroatoms. The molecule has 2 saturated heterocycles. The van der Waals surface area contributed by atoms with E-state index in [1.165, 1.54) is 18.4 Å². The van der Waals surface area contributed by atoms with Crippen LogP contribution in [0.25, 0.3) is 0 Å². The molecule has 2 aliphatic rings. The zero-order valence-electron chi connectivity index (χ0n) is 25.6. The molecule has 0 spiro atoms. The SMILES string of the molecule is COCC(=O)N1C(C(=O)N2CCNCC2)C(c2ccc(C(C)(C)C)cc2)C(C(=O)c2cccs2)C1c1c(C)nn(C)c1Cl. The molecule has 1 N–H and O–H groups in total. The Kier molecular flexibility index (Phi) is 9.13. The van der Waals surface area contributed by atoms with E-state index in [0.29, 0.717) is 47.5 Å². The van der Waals surface area contributed by atoms with E-state index >= 15 is 0 Å². The number of hydrogen-bond donors (Lipinski definition) is 1. The van der Waals surface area contributed by atoms with Crippen molar-refractivity contribution in [1.82, 2.24) is 24.9 Å². The van der Waals surface area contributed by atoms with E-state index in [1.54, 1.807) is 27.6 Å². The monoisotopic (exact) mass is 625 g/mol. The minimum Gasteiger partial charge on any atom is -0.375 e. The van der Waals surface area contributed by atoms with Gasteiger partial charge in [0, 0.05) is 51.8 Å². The Morgan fingerprint density at radius 2 is 1.79 bits per heavy atom. The number of carbonyl (C=O) groups is 3. The number of benzene rings is 1. The van der Waals surface area contributed by atoms with Gasteiger partial charge in [0.25, 0.3) is 0 Å². The van der Waals surface area contributed by atoms with Crippen molar-refractivity contribution < 1.29 is 19.1 Å². The van der Waals surface area contributed by atoms with E-state index in [2.05, 4.69) is 43.3 Å². The Labute approximate surface area is 262 Å². The van der Waals surface area contributed by atoms with Gasteiger partial charge in [-0.15, -0.1) is 11.3 Å². The van der Waals surface area contributed by atoms with Crippen LogP contribution in [-0.4, -0.2) is 83.1 Å². The molecule has 4 atom stereocenters. The lowest BCUT2D eigenvalue weighted by molar-refractivity contribution is -0.148. The molecule has 2 aliphatic heterocycles. The van der Waals surface area contributed by atoms with Crippen LogP contribution in [0.5, 0.6) is 0 Å². The molecule has 0 saturated carbocycles. The molecule has 0 bridgehead atoms. The van der Waals surface area contributed by atoms with Gasteiger partial charge in [-0.25, -0.2) is 0 Å². The fourth-order valence-electron chi connectivity index (χ4n) is 6.55. The highest BCUT2D eigenvalue weighted by molar-refractivity contribution is 7.12. The predicted molar refractivity (Wildman–Crippen MR) is 168 cm³/mol. The van der Waals surface area contributed by atoms with Crippen LogP contribution in [-0.2, 0) is 26.8 Å². The van der Waals surface area contributed by atoms with Crippen molar-refractivity contribution in [3.05, 3.63) is 74.2 Å². The number of carbonyl (C=O) groups excluding carboxylic acids is 3. The van der Waals surface area contributed by atoms with Gasteiger partial charge >= 0.3 is 0 Å². The summed E-state index contributed by atoms with van der Waals surface area (Å²) in [6.07, 6.45) is 0. The maximum Gasteiger partial charge on any atom is 0.249 e. The third-order valence-corrected chi connectivity index (χ3v) is 9.96. The van der Waals surface area contributed by atoms with Gasteiger partial charge in [-0.2, -0.15) is 5.10 Å². The van der Waals surface area contributed by atoms with Crippen molar-refractivity contribution >= 4 is 40.5 Å². The second-order valence-corrected chi connectivity index (χ2v) is 13.7. The van der Waals surface area contributed by atoms with Crippen LogP contribution in [0.3, 0.4) is 0 Å². The maximum atomic E-state index is 14.6. The highest BCUT2D eigenvalue weighted by atomic mass is 35.5. The van der Waals surface area contributed by atoms with Crippen LogP contribution in [0, 0.1) is 12.8 Å². The standard InChI is InChI=1S/C32H40ClN5O4S/c1-19-24(30(33)36(5)35-19)27-26(29(40)22-8-7-17-43-22)25(20-9-11-21(12-10-20)32(2,3)4)28(38(27)23(39)18-42-6)31(41)37-15-13-34-14-16-37/h7-12,17,25-28,34H,13-16,18H2,1-6H3. The molecule has 5 rings (SSSR count). The molecule has 2 amide bonds. The number of nitrogens with one attached hydrogen (secondary N) is 1. The number of likely N-dealkylation sites (tertiary alicyclic amines) is 1. The van der Waals surface area contributed by atoms with Crippen molar-refractivity contribution in [2.24, 2.45) is 13.0 Å². The lowest BCUT2D eigenvalue weighted by Gasteiger charge is -2.36. The van der Waals surface area contributed by atoms with Crippen LogP contribution in [0.15, 0.2) is 41.8 Å². The number of rotatable bonds is 7. The number of Topliss-reactive ketones (excluding diaryl/α,β-unsaturated/α-hetero) is 1.